The molecule has 0 radical (unpaired) electrons. The predicted octanol–water partition coefficient (Wildman–Crippen LogP) is 3.00. The Morgan fingerprint density at radius 1 is 1.12 bits per heavy atom. The third kappa shape index (κ3) is 4.16. The number of nitrogens with zero attached hydrogens (tertiary/aromatic N) is 1. The van der Waals surface area contributed by atoms with Crippen LogP contribution in [0.5, 0.6) is 11.5 Å². The standard InChI is InChI=1S/C17H16N2O4S2/c1-23-14-6-8-15(9-7-14)25(21,22)18-10-17-19-16(11-24-17)12-2-4-13(20)5-3-12/h2-9,11,18,20H,10H2,1H3. The lowest BCUT2D eigenvalue weighted by Gasteiger charge is -2.06. The van der Waals surface area contributed by atoms with E-state index in [2.05, 4.69) is 9.71 Å². The SMILES string of the molecule is COc1ccc(S(=O)(=O)NCc2nc(-c3ccc(O)cc3)cs2)cc1. The van der Waals surface area contributed by atoms with E-state index in [4.69, 9.17) is 4.74 Å². The van der Waals surface area contributed by atoms with E-state index < -0.39 is 10.0 Å². The molecule has 0 bridgehead atoms. The number of thiazole rings is 1. The molecule has 1 aromatic heterocycles. The maximum absolute atomic E-state index is 12.3. The van der Waals surface area contributed by atoms with Gasteiger partial charge in [0.1, 0.15) is 16.5 Å². The van der Waals surface area contributed by atoms with Crippen LogP contribution in [0.4, 0.5) is 0 Å². The van der Waals surface area contributed by atoms with E-state index in [0.717, 1.165) is 11.3 Å². The number of ether oxygens (including phenoxy) is 1. The molecule has 0 aliphatic rings. The molecule has 3 aromatic rings. The van der Waals surface area contributed by atoms with Gasteiger partial charge in [0.2, 0.25) is 10.0 Å². The smallest absolute Gasteiger partial charge is 0.240 e. The van der Waals surface area contributed by atoms with Crippen LogP contribution in [-0.4, -0.2) is 25.6 Å². The van der Waals surface area contributed by atoms with Crippen LogP contribution in [0.3, 0.4) is 0 Å². The van der Waals surface area contributed by atoms with Gasteiger partial charge in [0.05, 0.1) is 24.2 Å². The van der Waals surface area contributed by atoms with Crippen LogP contribution in [0.1, 0.15) is 5.01 Å². The molecule has 3 rings (SSSR count). The number of methoxy groups -OCH3 is 1. The molecule has 0 spiro atoms. The number of rotatable bonds is 6. The number of hydrogen-bond donors (Lipinski definition) is 2. The summed E-state index contributed by atoms with van der Waals surface area (Å²) in [7, 11) is -2.09. The van der Waals surface area contributed by atoms with Gasteiger partial charge in [-0.3, -0.25) is 0 Å². The first kappa shape index (κ1) is 17.4. The zero-order valence-corrected chi connectivity index (χ0v) is 15.0. The van der Waals surface area contributed by atoms with Gasteiger partial charge in [0, 0.05) is 10.9 Å². The highest BCUT2D eigenvalue weighted by molar-refractivity contribution is 7.89. The summed E-state index contributed by atoms with van der Waals surface area (Å²) in [6, 6.07) is 12.9. The Labute approximate surface area is 149 Å². The molecule has 25 heavy (non-hydrogen) atoms. The van der Waals surface area contributed by atoms with E-state index in [0.29, 0.717) is 10.8 Å². The quantitative estimate of drug-likeness (QED) is 0.690. The summed E-state index contributed by atoms with van der Waals surface area (Å²) in [4.78, 5) is 4.59. The lowest BCUT2D eigenvalue weighted by molar-refractivity contribution is 0.414. The number of nitrogens with one attached hydrogen (secondary N) is 1. The molecular weight excluding hydrogens is 360 g/mol. The van der Waals surface area contributed by atoms with E-state index in [1.54, 1.807) is 36.4 Å². The summed E-state index contributed by atoms with van der Waals surface area (Å²) in [5.74, 6) is 0.781. The first-order chi connectivity index (χ1) is 12.0. The molecule has 130 valence electrons. The molecule has 0 fully saturated rings. The van der Waals surface area contributed by atoms with Gasteiger partial charge in [-0.15, -0.1) is 11.3 Å². The van der Waals surface area contributed by atoms with Gasteiger partial charge >= 0.3 is 0 Å². The number of aromatic hydroxyl groups is 1. The number of benzene rings is 2. The highest BCUT2D eigenvalue weighted by Gasteiger charge is 2.15. The fourth-order valence-corrected chi connectivity index (χ4v) is 3.97. The monoisotopic (exact) mass is 376 g/mol. The second kappa shape index (κ2) is 7.22. The van der Waals surface area contributed by atoms with Crippen molar-refractivity contribution in [1.29, 1.82) is 0 Å². The minimum atomic E-state index is -3.62. The van der Waals surface area contributed by atoms with Gasteiger partial charge in [0.25, 0.3) is 0 Å². The molecule has 0 aliphatic heterocycles. The van der Waals surface area contributed by atoms with E-state index in [9.17, 15) is 13.5 Å². The Bertz CT molecular complexity index is 949. The minimum absolute atomic E-state index is 0.108. The van der Waals surface area contributed by atoms with E-state index >= 15 is 0 Å². The Balaban J connectivity index is 1.69. The summed E-state index contributed by atoms with van der Waals surface area (Å²) in [5.41, 5.74) is 1.60. The van der Waals surface area contributed by atoms with Gasteiger partial charge in [-0.2, -0.15) is 0 Å². The Morgan fingerprint density at radius 2 is 1.80 bits per heavy atom. The van der Waals surface area contributed by atoms with E-state index in [-0.39, 0.29) is 17.2 Å². The molecular formula is C17H16N2O4S2. The average molecular weight is 376 g/mol. The molecule has 2 aromatic carbocycles. The summed E-state index contributed by atoms with van der Waals surface area (Å²) in [6.07, 6.45) is 0. The average Bonchev–Trinajstić information content (AvgIpc) is 3.10. The van der Waals surface area contributed by atoms with Gasteiger partial charge in [-0.1, -0.05) is 0 Å². The van der Waals surface area contributed by atoms with Crippen molar-refractivity contribution in [3.05, 3.63) is 58.9 Å². The Kier molecular flexibility index (Phi) is 5.03. The zero-order valence-electron chi connectivity index (χ0n) is 13.3. The van der Waals surface area contributed by atoms with Crippen LogP contribution in [0.2, 0.25) is 0 Å². The van der Waals surface area contributed by atoms with Crippen LogP contribution < -0.4 is 9.46 Å². The first-order valence-corrected chi connectivity index (χ1v) is 9.72. The van der Waals surface area contributed by atoms with Crippen molar-refractivity contribution >= 4 is 21.4 Å². The molecule has 0 aliphatic carbocycles. The van der Waals surface area contributed by atoms with Crippen molar-refractivity contribution in [3.63, 3.8) is 0 Å². The van der Waals surface area contributed by atoms with Gasteiger partial charge in [-0.05, 0) is 48.5 Å². The van der Waals surface area contributed by atoms with Crippen molar-refractivity contribution in [1.82, 2.24) is 9.71 Å². The van der Waals surface area contributed by atoms with Crippen molar-refractivity contribution in [2.45, 2.75) is 11.4 Å². The number of hydrogen-bond acceptors (Lipinski definition) is 6. The summed E-state index contributed by atoms with van der Waals surface area (Å²) in [5, 5.41) is 11.8. The normalized spacial score (nSPS) is 11.4. The Hall–Kier alpha value is -2.42. The van der Waals surface area contributed by atoms with Crippen LogP contribution >= 0.6 is 11.3 Å². The lowest BCUT2D eigenvalue weighted by atomic mass is 10.2. The predicted molar refractivity (Wildman–Crippen MR) is 96.2 cm³/mol. The highest BCUT2D eigenvalue weighted by Crippen LogP contribution is 2.24. The molecule has 8 heteroatoms. The molecule has 0 saturated carbocycles. The second-order valence-corrected chi connectivity index (χ2v) is 7.88. The van der Waals surface area contributed by atoms with Crippen LogP contribution in [0, 0.1) is 0 Å². The fraction of sp³-hybridized carbons (Fsp3) is 0.118. The summed E-state index contributed by atoms with van der Waals surface area (Å²) in [6.45, 7) is 0.108. The van der Waals surface area contributed by atoms with E-state index in [1.165, 1.54) is 30.6 Å². The van der Waals surface area contributed by atoms with Crippen LogP contribution in [0.25, 0.3) is 11.3 Å². The number of phenols is 1. The number of aromatic nitrogens is 1. The molecule has 0 saturated heterocycles. The highest BCUT2D eigenvalue weighted by atomic mass is 32.2. The van der Waals surface area contributed by atoms with Gasteiger partial charge in [0.15, 0.2) is 0 Å². The van der Waals surface area contributed by atoms with Crippen molar-refractivity contribution < 1.29 is 18.3 Å². The molecule has 1 heterocycles. The minimum Gasteiger partial charge on any atom is -0.508 e. The largest absolute Gasteiger partial charge is 0.508 e. The van der Waals surface area contributed by atoms with Gasteiger partial charge in [-0.25, -0.2) is 18.1 Å². The summed E-state index contributed by atoms with van der Waals surface area (Å²) >= 11 is 1.37. The lowest BCUT2D eigenvalue weighted by Crippen LogP contribution is -2.23. The summed E-state index contributed by atoms with van der Waals surface area (Å²) < 4.78 is 32.2. The third-order valence-corrected chi connectivity index (χ3v) is 5.76. The van der Waals surface area contributed by atoms with Crippen molar-refractivity contribution in [2.75, 3.05) is 7.11 Å². The molecule has 0 unspecified atom stereocenters. The third-order valence-electron chi connectivity index (χ3n) is 3.50. The van der Waals surface area contributed by atoms with Crippen molar-refractivity contribution in [3.8, 4) is 22.8 Å². The second-order valence-electron chi connectivity index (χ2n) is 5.17. The van der Waals surface area contributed by atoms with Crippen LogP contribution in [0.15, 0.2) is 58.8 Å². The first-order valence-electron chi connectivity index (χ1n) is 7.35. The number of sulfonamides is 1. The zero-order chi connectivity index (χ0) is 17.9. The maximum atomic E-state index is 12.3. The molecule has 2 N–H and O–H groups in total. The maximum Gasteiger partial charge on any atom is 0.240 e. The van der Waals surface area contributed by atoms with Crippen LogP contribution in [-0.2, 0) is 16.6 Å². The van der Waals surface area contributed by atoms with E-state index in [1.807, 2.05) is 5.38 Å². The number of phenolic OH excluding ortho intramolecular Hbond substituents is 1. The fourth-order valence-electron chi connectivity index (χ4n) is 2.15. The molecule has 6 nitrogen and oxygen atoms in total. The molecule has 0 amide bonds. The van der Waals surface area contributed by atoms with Gasteiger partial charge < -0.3 is 9.84 Å². The topological polar surface area (TPSA) is 88.5 Å². The van der Waals surface area contributed by atoms with Crippen molar-refractivity contribution in [2.24, 2.45) is 0 Å². The Morgan fingerprint density at radius 3 is 2.44 bits per heavy atom. The molecule has 0 atom stereocenters.